The van der Waals surface area contributed by atoms with Gasteiger partial charge in [0.05, 0.1) is 25.9 Å². The van der Waals surface area contributed by atoms with Crippen molar-refractivity contribution in [3.05, 3.63) is 72.9 Å². The van der Waals surface area contributed by atoms with Gasteiger partial charge in [0.1, 0.15) is 6.10 Å². The smallest absolute Gasteiger partial charge is 0.104 e. The highest BCUT2D eigenvalue weighted by Crippen LogP contribution is 2.18. The summed E-state index contributed by atoms with van der Waals surface area (Å²) in [5, 5.41) is 0. The molecule has 0 aliphatic heterocycles. The van der Waals surface area contributed by atoms with Gasteiger partial charge in [-0.1, -0.05) is 236 Å². The van der Waals surface area contributed by atoms with Crippen molar-refractivity contribution in [3.8, 4) is 0 Å². The molecule has 4 heteroatoms. The summed E-state index contributed by atoms with van der Waals surface area (Å²) in [6.07, 6.45) is 78.7. The summed E-state index contributed by atoms with van der Waals surface area (Å²) in [4.78, 5) is 0. The number of allylic oxidation sites excluding steroid dienone is 12. The van der Waals surface area contributed by atoms with Crippen LogP contribution in [-0.2, 0) is 18.9 Å². The predicted molar refractivity (Wildman–Crippen MR) is 312 cm³/mol. The Hall–Kier alpha value is -1.72. The molecule has 0 rings (SSSR count). The van der Waals surface area contributed by atoms with Crippen molar-refractivity contribution in [1.29, 1.82) is 0 Å². The van der Waals surface area contributed by atoms with Crippen LogP contribution in [-0.4, -0.2) is 51.8 Å². The second kappa shape index (κ2) is 61.6. The Morgan fingerprint density at radius 1 is 0.271 bits per heavy atom. The van der Waals surface area contributed by atoms with E-state index in [0.29, 0.717) is 19.8 Å². The quantitative estimate of drug-likeness (QED) is 0.0450. The molecule has 0 spiro atoms. The van der Waals surface area contributed by atoms with Crippen LogP contribution in [0.5, 0.6) is 0 Å². The van der Waals surface area contributed by atoms with Crippen LogP contribution in [0.1, 0.15) is 291 Å². The fraction of sp³-hybridized carbons (Fsp3) is 0.818. The molecule has 70 heavy (non-hydrogen) atoms. The van der Waals surface area contributed by atoms with E-state index in [2.05, 4.69) is 108 Å². The van der Waals surface area contributed by atoms with Crippen molar-refractivity contribution in [1.82, 2.24) is 0 Å². The zero-order valence-corrected chi connectivity index (χ0v) is 47.8. The van der Waals surface area contributed by atoms with Gasteiger partial charge in [0.15, 0.2) is 0 Å². The van der Waals surface area contributed by atoms with Crippen molar-refractivity contribution in [2.45, 2.75) is 304 Å². The van der Waals surface area contributed by atoms with Crippen LogP contribution in [0.25, 0.3) is 0 Å². The first-order valence-electron chi connectivity index (χ1n) is 31.0. The molecule has 0 saturated heterocycles. The van der Waals surface area contributed by atoms with Gasteiger partial charge in [-0.2, -0.15) is 0 Å². The number of hydrogen-bond donors (Lipinski definition) is 0. The maximum Gasteiger partial charge on any atom is 0.104 e. The second-order valence-electron chi connectivity index (χ2n) is 20.8. The molecule has 0 fully saturated rings. The van der Waals surface area contributed by atoms with Crippen LogP contribution in [0.15, 0.2) is 72.9 Å². The van der Waals surface area contributed by atoms with E-state index >= 15 is 0 Å². The average molecular weight is 980 g/mol. The Kier molecular flexibility index (Phi) is 60.1. The minimum absolute atomic E-state index is 0.0186. The largest absolute Gasteiger partial charge is 0.379 e. The van der Waals surface area contributed by atoms with Crippen molar-refractivity contribution < 1.29 is 18.9 Å². The monoisotopic (exact) mass is 979 g/mol. The number of unbranched alkanes of at least 4 members (excludes halogenated alkanes) is 27. The van der Waals surface area contributed by atoms with E-state index in [4.69, 9.17) is 18.9 Å². The molecule has 0 aromatic rings. The summed E-state index contributed by atoms with van der Waals surface area (Å²) in [5.74, 6) is 0.733. The minimum atomic E-state index is -0.0186. The number of ether oxygens (including phenoxy) is 4. The highest BCUT2D eigenvalue weighted by Gasteiger charge is 2.16. The van der Waals surface area contributed by atoms with E-state index in [1.54, 1.807) is 0 Å². The highest BCUT2D eigenvalue weighted by atomic mass is 16.6. The molecule has 0 heterocycles. The SMILES string of the molecule is CCCCCC=CCC=CCCCCCCCCOCC(COCC(CCC(C)CCC)OCCCCCCCCC=CCC=CCCCCC)OCCCCCCCCC=CCC=CCCCCC. The standard InChI is InChI=1S/C66H122O4/c1-6-10-13-16-19-22-25-28-31-34-37-40-43-46-49-52-58-67-62-66(70-60-54-51-48-45-42-39-36-33-30-27-24-21-18-15-12-8-3)63-68-61-65(57-56-64(5)55-9-4)69-59-53-50-47-44-41-38-35-32-29-26-23-20-17-14-11-7-2/h19-24,28-33,64-66H,6-18,25-27,34-63H2,1-5H3. The van der Waals surface area contributed by atoms with Gasteiger partial charge in [0, 0.05) is 19.8 Å². The molecular formula is C66H122O4. The first-order chi connectivity index (χ1) is 34.7. The maximum atomic E-state index is 6.55. The fourth-order valence-corrected chi connectivity index (χ4v) is 8.89. The normalized spacial score (nSPS) is 13.8. The lowest BCUT2D eigenvalue weighted by molar-refractivity contribution is -0.0837. The first kappa shape index (κ1) is 68.3. The third-order valence-electron chi connectivity index (χ3n) is 13.6. The van der Waals surface area contributed by atoms with E-state index in [-0.39, 0.29) is 12.2 Å². The molecule has 0 saturated carbocycles. The van der Waals surface area contributed by atoms with E-state index in [1.165, 1.54) is 212 Å². The van der Waals surface area contributed by atoms with E-state index in [9.17, 15) is 0 Å². The van der Waals surface area contributed by atoms with Crippen LogP contribution in [0.4, 0.5) is 0 Å². The Balaban J connectivity index is 4.66. The Morgan fingerprint density at radius 3 is 0.971 bits per heavy atom. The molecule has 3 unspecified atom stereocenters. The van der Waals surface area contributed by atoms with E-state index < -0.39 is 0 Å². The molecule has 0 aliphatic carbocycles. The lowest BCUT2D eigenvalue weighted by Crippen LogP contribution is -2.29. The van der Waals surface area contributed by atoms with Crippen molar-refractivity contribution in [2.75, 3.05) is 39.6 Å². The fourth-order valence-electron chi connectivity index (χ4n) is 8.89. The molecule has 0 radical (unpaired) electrons. The zero-order chi connectivity index (χ0) is 50.6. The summed E-state index contributed by atoms with van der Waals surface area (Å²) in [7, 11) is 0. The lowest BCUT2D eigenvalue weighted by Gasteiger charge is -2.23. The topological polar surface area (TPSA) is 36.9 Å². The molecule has 0 bridgehead atoms. The molecule has 0 aliphatic rings. The number of hydrogen-bond acceptors (Lipinski definition) is 4. The van der Waals surface area contributed by atoms with Crippen molar-refractivity contribution in [3.63, 3.8) is 0 Å². The molecule has 0 aromatic carbocycles. The van der Waals surface area contributed by atoms with Gasteiger partial charge in [0.25, 0.3) is 0 Å². The summed E-state index contributed by atoms with van der Waals surface area (Å²) in [6, 6.07) is 0. The second-order valence-corrected chi connectivity index (χ2v) is 20.8. The van der Waals surface area contributed by atoms with Crippen LogP contribution >= 0.6 is 0 Å². The Morgan fingerprint density at radius 2 is 0.586 bits per heavy atom. The third-order valence-corrected chi connectivity index (χ3v) is 13.6. The highest BCUT2D eigenvalue weighted by molar-refractivity contribution is 4.94. The van der Waals surface area contributed by atoms with Gasteiger partial charge < -0.3 is 18.9 Å². The first-order valence-corrected chi connectivity index (χ1v) is 31.0. The van der Waals surface area contributed by atoms with Gasteiger partial charge in [-0.15, -0.1) is 0 Å². The molecule has 0 N–H and O–H groups in total. The van der Waals surface area contributed by atoms with Crippen LogP contribution in [0.2, 0.25) is 0 Å². The summed E-state index contributed by atoms with van der Waals surface area (Å²) in [5.41, 5.74) is 0. The molecule has 410 valence electrons. The van der Waals surface area contributed by atoms with Crippen LogP contribution in [0, 0.1) is 5.92 Å². The Bertz CT molecular complexity index is 1150. The van der Waals surface area contributed by atoms with Crippen molar-refractivity contribution in [2.24, 2.45) is 5.92 Å². The zero-order valence-electron chi connectivity index (χ0n) is 47.8. The summed E-state index contributed by atoms with van der Waals surface area (Å²) < 4.78 is 25.7. The van der Waals surface area contributed by atoms with Crippen molar-refractivity contribution >= 4 is 0 Å². The van der Waals surface area contributed by atoms with Crippen LogP contribution in [0.3, 0.4) is 0 Å². The minimum Gasteiger partial charge on any atom is -0.379 e. The Labute approximate surface area is 439 Å². The van der Waals surface area contributed by atoms with Gasteiger partial charge in [-0.05, 0) is 134 Å². The van der Waals surface area contributed by atoms with Crippen LogP contribution < -0.4 is 0 Å². The maximum absolute atomic E-state index is 6.55. The van der Waals surface area contributed by atoms with Gasteiger partial charge in [-0.25, -0.2) is 0 Å². The molecule has 4 nitrogen and oxygen atoms in total. The van der Waals surface area contributed by atoms with Gasteiger partial charge >= 0.3 is 0 Å². The molecule has 3 atom stereocenters. The predicted octanol–water partition coefficient (Wildman–Crippen LogP) is 21.4. The molecule has 0 amide bonds. The van der Waals surface area contributed by atoms with Gasteiger partial charge in [-0.3, -0.25) is 0 Å². The average Bonchev–Trinajstić information content (AvgIpc) is 3.36. The molecular weight excluding hydrogens is 857 g/mol. The van der Waals surface area contributed by atoms with E-state index in [0.717, 1.165) is 70.7 Å². The van der Waals surface area contributed by atoms with Gasteiger partial charge in [0.2, 0.25) is 0 Å². The van der Waals surface area contributed by atoms with E-state index in [1.807, 2.05) is 0 Å². The summed E-state index contributed by atoms with van der Waals surface area (Å²) >= 11 is 0. The summed E-state index contributed by atoms with van der Waals surface area (Å²) in [6.45, 7) is 15.8. The third kappa shape index (κ3) is 57.2. The number of rotatable bonds is 58. The lowest BCUT2D eigenvalue weighted by atomic mass is 9.98. The molecule has 0 aromatic heterocycles.